The Morgan fingerprint density at radius 3 is 2.94 bits per heavy atom. The van der Waals surface area contributed by atoms with Gasteiger partial charge < -0.3 is 4.52 Å². The number of hydrogen-bond donors (Lipinski definition) is 0. The third kappa shape index (κ3) is 1.80. The van der Waals surface area contributed by atoms with Crippen LogP contribution in [0.3, 0.4) is 0 Å². The Morgan fingerprint density at radius 2 is 2.24 bits per heavy atom. The molecule has 0 aliphatic heterocycles. The van der Waals surface area contributed by atoms with E-state index in [2.05, 4.69) is 20.2 Å². The molecule has 0 unspecified atom stereocenters. The minimum atomic E-state index is 0.485. The first-order valence-corrected chi connectivity index (χ1v) is 5.10. The van der Waals surface area contributed by atoms with Crippen molar-refractivity contribution in [1.29, 1.82) is 0 Å². The highest BCUT2D eigenvalue weighted by Crippen LogP contribution is 2.18. The fraction of sp³-hybridized carbons (Fsp3) is 0.0909. The van der Waals surface area contributed by atoms with Gasteiger partial charge in [0.05, 0.1) is 0 Å². The molecule has 84 valence electrons. The van der Waals surface area contributed by atoms with Crippen molar-refractivity contribution < 1.29 is 4.52 Å². The molecule has 0 bridgehead atoms. The zero-order chi connectivity index (χ0) is 11.7. The molecule has 3 rings (SSSR count). The third-order valence-corrected chi connectivity index (χ3v) is 2.26. The van der Waals surface area contributed by atoms with E-state index in [4.69, 9.17) is 4.52 Å². The molecule has 0 radical (unpaired) electrons. The molecule has 3 heterocycles. The van der Waals surface area contributed by atoms with Crippen LogP contribution < -0.4 is 0 Å². The first-order chi connectivity index (χ1) is 8.33. The zero-order valence-corrected chi connectivity index (χ0v) is 9.11. The Hall–Kier alpha value is -2.50. The Bertz CT molecular complexity index is 629. The average Bonchev–Trinajstić information content (AvgIpc) is 3.00. The minimum absolute atomic E-state index is 0.485. The van der Waals surface area contributed by atoms with Crippen LogP contribution in [0.4, 0.5) is 0 Å². The molecular formula is C11H9N5O. The minimum Gasteiger partial charge on any atom is -0.334 e. The van der Waals surface area contributed by atoms with Crippen LogP contribution in [-0.4, -0.2) is 24.9 Å². The Labute approximate surface area is 96.9 Å². The molecular weight excluding hydrogens is 218 g/mol. The molecule has 0 aliphatic carbocycles. The van der Waals surface area contributed by atoms with E-state index in [0.717, 1.165) is 5.56 Å². The number of aryl methyl sites for hydroxylation is 1. The Morgan fingerprint density at radius 1 is 1.29 bits per heavy atom. The summed E-state index contributed by atoms with van der Waals surface area (Å²) in [6.07, 6.45) is 5.21. The summed E-state index contributed by atoms with van der Waals surface area (Å²) in [6, 6.07) is 5.51. The number of pyridine rings is 1. The van der Waals surface area contributed by atoms with E-state index in [0.29, 0.717) is 17.5 Å². The summed E-state index contributed by atoms with van der Waals surface area (Å²) >= 11 is 0. The van der Waals surface area contributed by atoms with Crippen LogP contribution in [0.25, 0.3) is 17.3 Å². The van der Waals surface area contributed by atoms with Gasteiger partial charge in [0.2, 0.25) is 0 Å². The van der Waals surface area contributed by atoms with Crippen molar-refractivity contribution in [1.82, 2.24) is 24.9 Å². The summed E-state index contributed by atoms with van der Waals surface area (Å²) < 4.78 is 6.78. The molecule has 0 N–H and O–H groups in total. The van der Waals surface area contributed by atoms with Gasteiger partial charge in [-0.2, -0.15) is 10.1 Å². The highest BCUT2D eigenvalue weighted by Gasteiger charge is 2.08. The van der Waals surface area contributed by atoms with Crippen molar-refractivity contribution in [3.05, 3.63) is 42.6 Å². The molecule has 0 amide bonds. The second kappa shape index (κ2) is 3.82. The molecule has 0 saturated carbocycles. The standard InChI is InChI=1S/C11H9N5O/c1-8-14-11(17-15-8)9-3-5-12-10(7-9)16-6-2-4-13-16/h2-7H,1H3. The van der Waals surface area contributed by atoms with Crippen molar-refractivity contribution in [2.75, 3.05) is 0 Å². The second-order valence-electron chi connectivity index (χ2n) is 3.50. The Kier molecular flexibility index (Phi) is 2.18. The van der Waals surface area contributed by atoms with E-state index in [1.54, 1.807) is 24.0 Å². The van der Waals surface area contributed by atoms with Gasteiger partial charge in [-0.15, -0.1) is 0 Å². The van der Waals surface area contributed by atoms with Crippen molar-refractivity contribution in [2.45, 2.75) is 6.92 Å². The summed E-state index contributed by atoms with van der Waals surface area (Å²) in [5, 5.41) is 7.87. The molecule has 0 aromatic carbocycles. The lowest BCUT2D eigenvalue weighted by atomic mass is 10.2. The number of aromatic nitrogens is 5. The van der Waals surface area contributed by atoms with Crippen molar-refractivity contribution in [3.63, 3.8) is 0 Å². The number of hydrogen-bond acceptors (Lipinski definition) is 5. The normalized spacial score (nSPS) is 10.6. The Balaban J connectivity index is 2.05. The topological polar surface area (TPSA) is 69.6 Å². The molecule has 0 atom stereocenters. The lowest BCUT2D eigenvalue weighted by Crippen LogP contribution is -1.97. The molecule has 3 aromatic rings. The van der Waals surface area contributed by atoms with E-state index >= 15 is 0 Å². The summed E-state index contributed by atoms with van der Waals surface area (Å²) in [6.45, 7) is 1.78. The maximum Gasteiger partial charge on any atom is 0.258 e. The van der Waals surface area contributed by atoms with E-state index in [1.807, 2.05) is 24.4 Å². The summed E-state index contributed by atoms with van der Waals surface area (Å²) in [5.41, 5.74) is 0.825. The first kappa shape index (κ1) is 9.71. The zero-order valence-electron chi connectivity index (χ0n) is 9.11. The molecule has 3 aromatic heterocycles. The smallest absolute Gasteiger partial charge is 0.258 e. The van der Waals surface area contributed by atoms with Crippen LogP contribution in [0.2, 0.25) is 0 Å². The van der Waals surface area contributed by atoms with Crippen molar-refractivity contribution >= 4 is 0 Å². The molecule has 0 aliphatic rings. The maximum absolute atomic E-state index is 5.10. The molecule has 6 nitrogen and oxygen atoms in total. The highest BCUT2D eigenvalue weighted by molar-refractivity contribution is 5.54. The highest BCUT2D eigenvalue weighted by atomic mass is 16.5. The first-order valence-electron chi connectivity index (χ1n) is 5.10. The van der Waals surface area contributed by atoms with Crippen LogP contribution in [0.15, 0.2) is 41.3 Å². The van der Waals surface area contributed by atoms with E-state index in [-0.39, 0.29) is 0 Å². The fourth-order valence-corrected chi connectivity index (χ4v) is 1.50. The van der Waals surface area contributed by atoms with Crippen LogP contribution in [-0.2, 0) is 0 Å². The monoisotopic (exact) mass is 227 g/mol. The van der Waals surface area contributed by atoms with Gasteiger partial charge in [-0.05, 0) is 25.1 Å². The van der Waals surface area contributed by atoms with Gasteiger partial charge in [-0.1, -0.05) is 5.16 Å². The van der Waals surface area contributed by atoms with Crippen molar-refractivity contribution in [3.8, 4) is 17.3 Å². The quantitative estimate of drug-likeness (QED) is 0.665. The van der Waals surface area contributed by atoms with Crippen LogP contribution in [0.5, 0.6) is 0 Å². The van der Waals surface area contributed by atoms with Gasteiger partial charge in [-0.3, -0.25) is 0 Å². The van der Waals surface area contributed by atoms with Gasteiger partial charge in [0.15, 0.2) is 11.6 Å². The largest absolute Gasteiger partial charge is 0.334 e. The van der Waals surface area contributed by atoms with Crippen molar-refractivity contribution in [2.24, 2.45) is 0 Å². The third-order valence-electron chi connectivity index (χ3n) is 2.26. The van der Waals surface area contributed by atoms with E-state index in [9.17, 15) is 0 Å². The van der Waals surface area contributed by atoms with Crippen LogP contribution in [0.1, 0.15) is 5.82 Å². The molecule has 6 heteroatoms. The predicted octanol–water partition coefficient (Wildman–Crippen LogP) is 1.63. The molecule has 0 saturated heterocycles. The predicted molar refractivity (Wildman–Crippen MR) is 59.4 cm³/mol. The van der Waals surface area contributed by atoms with E-state index < -0.39 is 0 Å². The lowest BCUT2D eigenvalue weighted by Gasteiger charge is -2.00. The SMILES string of the molecule is Cc1noc(-c2ccnc(-n3cccn3)c2)n1. The van der Waals surface area contributed by atoms with Gasteiger partial charge >= 0.3 is 0 Å². The number of rotatable bonds is 2. The summed E-state index contributed by atoms with van der Waals surface area (Å²) in [7, 11) is 0. The summed E-state index contributed by atoms with van der Waals surface area (Å²) in [4.78, 5) is 8.39. The molecule has 17 heavy (non-hydrogen) atoms. The van der Waals surface area contributed by atoms with Gasteiger partial charge in [-0.25, -0.2) is 9.67 Å². The van der Waals surface area contributed by atoms with Gasteiger partial charge in [0.25, 0.3) is 5.89 Å². The fourth-order valence-electron chi connectivity index (χ4n) is 1.50. The van der Waals surface area contributed by atoms with Gasteiger partial charge in [0, 0.05) is 24.2 Å². The van der Waals surface area contributed by atoms with Gasteiger partial charge in [0.1, 0.15) is 0 Å². The summed E-state index contributed by atoms with van der Waals surface area (Å²) in [5.74, 6) is 1.80. The second-order valence-corrected chi connectivity index (χ2v) is 3.50. The lowest BCUT2D eigenvalue weighted by molar-refractivity contribution is 0.425. The van der Waals surface area contributed by atoms with Crippen LogP contribution >= 0.6 is 0 Å². The average molecular weight is 227 g/mol. The van der Waals surface area contributed by atoms with Crippen LogP contribution in [0, 0.1) is 6.92 Å². The molecule has 0 spiro atoms. The van der Waals surface area contributed by atoms with E-state index in [1.165, 1.54) is 0 Å². The maximum atomic E-state index is 5.10. The molecule has 0 fully saturated rings. The number of nitrogens with zero attached hydrogens (tertiary/aromatic N) is 5.